The second kappa shape index (κ2) is 4.79. The van der Waals surface area contributed by atoms with Crippen molar-refractivity contribution in [1.82, 2.24) is 5.32 Å². The third-order valence-electron chi connectivity index (χ3n) is 2.64. The lowest BCUT2D eigenvalue weighted by atomic mass is 10.00. The van der Waals surface area contributed by atoms with Crippen molar-refractivity contribution in [2.45, 2.75) is 32.4 Å². The van der Waals surface area contributed by atoms with Crippen LogP contribution in [0.2, 0.25) is 0 Å². The zero-order chi connectivity index (χ0) is 13.2. The van der Waals surface area contributed by atoms with E-state index < -0.39 is 29.1 Å². The lowest BCUT2D eigenvalue weighted by molar-refractivity contribution is -0.123. The predicted octanol–water partition coefficient (Wildman–Crippen LogP) is 1.88. The van der Waals surface area contributed by atoms with Crippen LogP contribution in [-0.2, 0) is 4.79 Å². The van der Waals surface area contributed by atoms with Gasteiger partial charge in [-0.2, -0.15) is 0 Å². The summed E-state index contributed by atoms with van der Waals surface area (Å²) >= 11 is 0. The third-order valence-corrected chi connectivity index (χ3v) is 2.64. The summed E-state index contributed by atoms with van der Waals surface area (Å²) in [6.07, 6.45) is 0. The molecule has 0 spiro atoms. The molecule has 0 aliphatic heterocycles. The lowest BCUT2D eigenvalue weighted by Gasteiger charge is -2.27. The molecule has 94 valence electrons. The molecule has 1 aromatic carbocycles. The Hall–Kier alpha value is -1.49. The first-order valence-electron chi connectivity index (χ1n) is 5.27. The number of carbonyl (C=O) groups excluding carboxylic acids is 1. The maximum atomic E-state index is 13.5. The Balaban J connectivity index is 2.94. The minimum absolute atomic E-state index is 0.166. The van der Waals surface area contributed by atoms with E-state index in [2.05, 4.69) is 5.32 Å². The summed E-state index contributed by atoms with van der Waals surface area (Å²) in [4.78, 5) is 11.1. The fourth-order valence-corrected chi connectivity index (χ4v) is 1.55. The van der Waals surface area contributed by atoms with Gasteiger partial charge in [-0.15, -0.1) is 0 Å². The predicted molar refractivity (Wildman–Crippen MR) is 61.2 cm³/mol. The summed E-state index contributed by atoms with van der Waals surface area (Å²) in [5.74, 6) is -2.37. The van der Waals surface area contributed by atoms with Crippen molar-refractivity contribution in [3.8, 4) is 0 Å². The SMILES string of the molecule is CC(NC(C)(C)C(N)=O)c1cccc(F)c1F. The van der Waals surface area contributed by atoms with Crippen LogP contribution in [0.5, 0.6) is 0 Å². The molecule has 3 N–H and O–H groups in total. The molecular formula is C12H16F2N2O. The summed E-state index contributed by atoms with van der Waals surface area (Å²) < 4.78 is 26.5. The van der Waals surface area contributed by atoms with Gasteiger partial charge < -0.3 is 5.73 Å². The van der Waals surface area contributed by atoms with Gasteiger partial charge in [0, 0.05) is 11.6 Å². The van der Waals surface area contributed by atoms with Gasteiger partial charge in [-0.25, -0.2) is 8.78 Å². The normalized spacial score (nSPS) is 13.5. The topological polar surface area (TPSA) is 55.1 Å². The van der Waals surface area contributed by atoms with Crippen molar-refractivity contribution in [2.24, 2.45) is 5.73 Å². The smallest absolute Gasteiger partial charge is 0.237 e. The lowest BCUT2D eigenvalue weighted by Crippen LogP contribution is -2.51. The van der Waals surface area contributed by atoms with E-state index in [9.17, 15) is 13.6 Å². The maximum absolute atomic E-state index is 13.5. The molecule has 1 atom stereocenters. The Labute approximate surface area is 99.0 Å². The van der Waals surface area contributed by atoms with Crippen LogP contribution in [0.15, 0.2) is 18.2 Å². The molecule has 3 nitrogen and oxygen atoms in total. The van der Waals surface area contributed by atoms with E-state index in [4.69, 9.17) is 5.73 Å². The molecule has 1 rings (SSSR count). The molecule has 0 heterocycles. The second-order valence-corrected chi connectivity index (χ2v) is 4.50. The van der Waals surface area contributed by atoms with Crippen LogP contribution in [0.1, 0.15) is 32.4 Å². The second-order valence-electron chi connectivity index (χ2n) is 4.50. The summed E-state index contributed by atoms with van der Waals surface area (Å²) in [6, 6.07) is 3.41. The van der Waals surface area contributed by atoms with Crippen LogP contribution in [0.4, 0.5) is 8.78 Å². The molecule has 0 aliphatic carbocycles. The summed E-state index contributed by atoms with van der Waals surface area (Å²) in [5, 5.41) is 2.86. The number of hydrogen-bond donors (Lipinski definition) is 2. The van der Waals surface area contributed by atoms with Gasteiger partial charge in [0.2, 0.25) is 5.91 Å². The molecule has 0 bridgehead atoms. The van der Waals surface area contributed by atoms with E-state index in [1.807, 2.05) is 0 Å². The summed E-state index contributed by atoms with van der Waals surface area (Å²) in [7, 11) is 0. The van der Waals surface area contributed by atoms with Crippen molar-refractivity contribution in [3.63, 3.8) is 0 Å². The van der Waals surface area contributed by atoms with Crippen LogP contribution in [0, 0.1) is 11.6 Å². The third kappa shape index (κ3) is 3.00. The Kier molecular flexibility index (Phi) is 3.83. The molecule has 1 amide bonds. The molecule has 0 saturated carbocycles. The maximum Gasteiger partial charge on any atom is 0.237 e. The monoisotopic (exact) mass is 242 g/mol. The van der Waals surface area contributed by atoms with E-state index in [-0.39, 0.29) is 5.56 Å². The standard InChI is InChI=1S/C12H16F2N2O/c1-7(16-12(2,3)11(15)17)8-5-4-6-9(13)10(8)14/h4-7,16H,1-3H3,(H2,15,17). The first-order valence-corrected chi connectivity index (χ1v) is 5.27. The van der Waals surface area contributed by atoms with Crippen LogP contribution < -0.4 is 11.1 Å². The van der Waals surface area contributed by atoms with Gasteiger partial charge in [0.1, 0.15) is 0 Å². The average molecular weight is 242 g/mol. The Morgan fingerprint density at radius 3 is 2.53 bits per heavy atom. The van der Waals surface area contributed by atoms with Gasteiger partial charge in [0.25, 0.3) is 0 Å². The zero-order valence-electron chi connectivity index (χ0n) is 10.1. The van der Waals surface area contributed by atoms with Gasteiger partial charge in [-0.05, 0) is 26.8 Å². The number of benzene rings is 1. The molecule has 0 saturated heterocycles. The number of rotatable bonds is 4. The van der Waals surface area contributed by atoms with E-state index in [0.717, 1.165) is 6.07 Å². The number of primary amides is 1. The highest BCUT2D eigenvalue weighted by molar-refractivity contribution is 5.83. The zero-order valence-corrected chi connectivity index (χ0v) is 10.1. The van der Waals surface area contributed by atoms with Gasteiger partial charge >= 0.3 is 0 Å². The van der Waals surface area contributed by atoms with Gasteiger partial charge in [-0.1, -0.05) is 12.1 Å². The largest absolute Gasteiger partial charge is 0.368 e. The highest BCUT2D eigenvalue weighted by Gasteiger charge is 2.28. The number of carbonyl (C=O) groups is 1. The Bertz CT molecular complexity index is 433. The molecule has 1 aromatic rings. The first-order chi connectivity index (χ1) is 7.75. The number of nitrogens with two attached hydrogens (primary N) is 1. The van der Waals surface area contributed by atoms with Crippen molar-refractivity contribution < 1.29 is 13.6 Å². The van der Waals surface area contributed by atoms with Crippen molar-refractivity contribution in [3.05, 3.63) is 35.4 Å². The molecule has 1 unspecified atom stereocenters. The molecule has 5 heteroatoms. The summed E-state index contributed by atoms with van der Waals surface area (Å²) in [5.41, 5.74) is 4.37. The fourth-order valence-electron chi connectivity index (χ4n) is 1.55. The van der Waals surface area contributed by atoms with Crippen molar-refractivity contribution >= 4 is 5.91 Å². The van der Waals surface area contributed by atoms with Crippen LogP contribution in [0.25, 0.3) is 0 Å². The van der Waals surface area contributed by atoms with Crippen LogP contribution >= 0.6 is 0 Å². The minimum atomic E-state index is -0.988. The van der Waals surface area contributed by atoms with E-state index >= 15 is 0 Å². The van der Waals surface area contributed by atoms with Crippen molar-refractivity contribution in [1.29, 1.82) is 0 Å². The van der Waals surface area contributed by atoms with Gasteiger partial charge in [0.05, 0.1) is 5.54 Å². The average Bonchev–Trinajstić information content (AvgIpc) is 2.21. The number of amides is 1. The number of halogens is 2. The van der Waals surface area contributed by atoms with Crippen molar-refractivity contribution in [2.75, 3.05) is 0 Å². The van der Waals surface area contributed by atoms with Crippen LogP contribution in [-0.4, -0.2) is 11.4 Å². The Morgan fingerprint density at radius 2 is 2.00 bits per heavy atom. The highest BCUT2D eigenvalue weighted by atomic mass is 19.2. The molecule has 17 heavy (non-hydrogen) atoms. The number of hydrogen-bond acceptors (Lipinski definition) is 2. The summed E-state index contributed by atoms with van der Waals surface area (Å²) in [6.45, 7) is 4.81. The first kappa shape index (κ1) is 13.6. The highest BCUT2D eigenvalue weighted by Crippen LogP contribution is 2.21. The quantitative estimate of drug-likeness (QED) is 0.847. The van der Waals surface area contributed by atoms with E-state index in [0.29, 0.717) is 0 Å². The van der Waals surface area contributed by atoms with Gasteiger partial charge in [-0.3, -0.25) is 10.1 Å². The molecule has 0 aliphatic rings. The fraction of sp³-hybridized carbons (Fsp3) is 0.417. The van der Waals surface area contributed by atoms with E-state index in [1.165, 1.54) is 12.1 Å². The molecule has 0 fully saturated rings. The van der Waals surface area contributed by atoms with Gasteiger partial charge in [0.15, 0.2) is 11.6 Å². The van der Waals surface area contributed by atoms with E-state index in [1.54, 1.807) is 20.8 Å². The minimum Gasteiger partial charge on any atom is -0.368 e. The molecular weight excluding hydrogens is 226 g/mol. The molecule has 0 aromatic heterocycles. The molecule has 0 radical (unpaired) electrons. The number of nitrogens with one attached hydrogen (secondary N) is 1. The Morgan fingerprint density at radius 1 is 1.41 bits per heavy atom. The van der Waals surface area contributed by atoms with Crippen LogP contribution in [0.3, 0.4) is 0 Å².